The van der Waals surface area contributed by atoms with E-state index in [1.54, 1.807) is 17.0 Å². The number of benzene rings is 2. The van der Waals surface area contributed by atoms with Gasteiger partial charge in [-0.3, -0.25) is 9.89 Å². The highest BCUT2D eigenvalue weighted by molar-refractivity contribution is 7.88. The van der Waals surface area contributed by atoms with Crippen molar-refractivity contribution in [3.63, 3.8) is 0 Å². The maximum atomic E-state index is 12.7. The summed E-state index contributed by atoms with van der Waals surface area (Å²) in [5.74, 6) is -0.0769. The van der Waals surface area contributed by atoms with Crippen LogP contribution in [0.1, 0.15) is 21.6 Å². The van der Waals surface area contributed by atoms with Crippen molar-refractivity contribution in [2.45, 2.75) is 0 Å². The van der Waals surface area contributed by atoms with E-state index < -0.39 is 10.0 Å². The molecule has 2 heterocycles. The van der Waals surface area contributed by atoms with Gasteiger partial charge in [0.15, 0.2) is 0 Å². The van der Waals surface area contributed by atoms with Gasteiger partial charge in [0, 0.05) is 37.1 Å². The van der Waals surface area contributed by atoms with E-state index in [1.807, 2.05) is 48.6 Å². The predicted molar refractivity (Wildman–Crippen MR) is 114 cm³/mol. The molecule has 0 saturated carbocycles. The molecule has 29 heavy (non-hydrogen) atoms. The number of H-pyrrole nitrogens is 1. The Morgan fingerprint density at radius 3 is 2.38 bits per heavy atom. The van der Waals surface area contributed by atoms with Crippen molar-refractivity contribution >= 4 is 39.0 Å². The molecule has 1 aromatic heterocycles. The highest BCUT2D eigenvalue weighted by Gasteiger charge is 2.26. The summed E-state index contributed by atoms with van der Waals surface area (Å²) >= 11 is 0. The monoisotopic (exact) mass is 410 g/mol. The van der Waals surface area contributed by atoms with Crippen molar-refractivity contribution < 1.29 is 13.2 Å². The summed E-state index contributed by atoms with van der Waals surface area (Å²) in [4.78, 5) is 14.4. The molecule has 0 aliphatic carbocycles. The number of amides is 1. The smallest absolute Gasteiger partial charge is 0.253 e. The molecular formula is C21H22N4O3S. The minimum Gasteiger partial charge on any atom is -0.336 e. The molecule has 1 aliphatic rings. The first-order valence-electron chi connectivity index (χ1n) is 9.37. The van der Waals surface area contributed by atoms with Crippen LogP contribution < -0.4 is 0 Å². The molecule has 1 amide bonds. The molecular weight excluding hydrogens is 388 g/mol. The summed E-state index contributed by atoms with van der Waals surface area (Å²) in [5.41, 5.74) is 3.42. The lowest BCUT2D eigenvalue weighted by Crippen LogP contribution is -2.50. The number of aromatic nitrogens is 2. The number of nitrogens with zero attached hydrogens (tertiary/aromatic N) is 3. The van der Waals surface area contributed by atoms with E-state index in [4.69, 9.17) is 0 Å². The Balaban J connectivity index is 1.42. The van der Waals surface area contributed by atoms with Gasteiger partial charge in [-0.05, 0) is 29.8 Å². The number of para-hydroxylation sites is 1. The number of sulfonamides is 1. The van der Waals surface area contributed by atoms with Crippen LogP contribution >= 0.6 is 0 Å². The van der Waals surface area contributed by atoms with Crippen LogP contribution in [-0.4, -0.2) is 66.2 Å². The summed E-state index contributed by atoms with van der Waals surface area (Å²) < 4.78 is 24.6. The SMILES string of the molecule is CS(=O)(=O)N1CCN(C(=O)c2ccc(C=Cc3n[nH]c4ccccc34)cc2)CC1. The maximum Gasteiger partial charge on any atom is 0.253 e. The molecule has 0 atom stereocenters. The zero-order chi connectivity index (χ0) is 20.4. The van der Waals surface area contributed by atoms with Crippen molar-refractivity contribution in [1.82, 2.24) is 19.4 Å². The van der Waals surface area contributed by atoms with E-state index in [9.17, 15) is 13.2 Å². The summed E-state index contributed by atoms with van der Waals surface area (Å²) in [5, 5.41) is 8.39. The zero-order valence-electron chi connectivity index (χ0n) is 16.1. The number of rotatable bonds is 4. The number of hydrogen-bond acceptors (Lipinski definition) is 4. The van der Waals surface area contributed by atoms with Gasteiger partial charge in [0.05, 0.1) is 17.5 Å². The number of carbonyl (C=O) groups is 1. The Morgan fingerprint density at radius 2 is 1.69 bits per heavy atom. The minimum absolute atomic E-state index is 0.0769. The number of nitrogens with one attached hydrogen (secondary N) is 1. The number of aromatic amines is 1. The van der Waals surface area contributed by atoms with Gasteiger partial charge in [-0.1, -0.05) is 36.4 Å². The maximum absolute atomic E-state index is 12.7. The molecule has 0 bridgehead atoms. The molecule has 2 aromatic carbocycles. The van der Waals surface area contributed by atoms with Crippen molar-refractivity contribution in [1.29, 1.82) is 0 Å². The standard InChI is InChI=1S/C21H22N4O3S/c1-29(27,28)25-14-12-24(13-15-25)21(26)17-9-6-16(7-10-17)8-11-20-18-4-2-3-5-19(18)22-23-20/h2-11H,12-15H2,1H3,(H,22,23). The molecule has 0 unspecified atom stereocenters. The highest BCUT2D eigenvalue weighted by Crippen LogP contribution is 2.18. The van der Waals surface area contributed by atoms with Crippen LogP contribution in [-0.2, 0) is 10.0 Å². The Hall–Kier alpha value is -2.97. The summed E-state index contributed by atoms with van der Waals surface area (Å²) in [6.07, 6.45) is 5.10. The number of fused-ring (bicyclic) bond motifs is 1. The van der Waals surface area contributed by atoms with Gasteiger partial charge in [0.25, 0.3) is 5.91 Å². The lowest BCUT2D eigenvalue weighted by atomic mass is 10.1. The molecule has 1 saturated heterocycles. The molecule has 0 radical (unpaired) electrons. The van der Waals surface area contributed by atoms with Crippen LogP contribution in [0.15, 0.2) is 48.5 Å². The number of piperazine rings is 1. The van der Waals surface area contributed by atoms with Crippen LogP contribution in [0, 0.1) is 0 Å². The fraction of sp³-hybridized carbons (Fsp3) is 0.238. The first-order chi connectivity index (χ1) is 13.9. The normalized spacial score (nSPS) is 16.0. The number of hydrogen-bond donors (Lipinski definition) is 1. The third-order valence-corrected chi connectivity index (χ3v) is 6.39. The number of carbonyl (C=O) groups excluding carboxylic acids is 1. The van der Waals surface area contributed by atoms with Crippen LogP contribution in [0.25, 0.3) is 23.1 Å². The molecule has 7 nitrogen and oxygen atoms in total. The summed E-state index contributed by atoms with van der Waals surface area (Å²) in [7, 11) is -3.20. The Morgan fingerprint density at radius 1 is 1.00 bits per heavy atom. The molecule has 4 rings (SSSR count). The topological polar surface area (TPSA) is 86.4 Å². The van der Waals surface area contributed by atoms with E-state index in [0.717, 1.165) is 22.2 Å². The lowest BCUT2D eigenvalue weighted by molar-refractivity contribution is 0.0698. The van der Waals surface area contributed by atoms with Crippen LogP contribution in [0.5, 0.6) is 0 Å². The van der Waals surface area contributed by atoms with E-state index in [2.05, 4.69) is 10.2 Å². The Bertz CT molecular complexity index is 1160. The van der Waals surface area contributed by atoms with E-state index in [1.165, 1.54) is 10.6 Å². The Kier molecular flexibility index (Phi) is 5.21. The van der Waals surface area contributed by atoms with Gasteiger partial charge < -0.3 is 4.90 Å². The summed E-state index contributed by atoms with van der Waals surface area (Å²) in [6, 6.07) is 15.3. The Labute approximate surface area is 169 Å². The average Bonchev–Trinajstić information content (AvgIpc) is 3.15. The van der Waals surface area contributed by atoms with Crippen LogP contribution in [0.4, 0.5) is 0 Å². The third kappa shape index (κ3) is 4.23. The summed E-state index contributed by atoms with van der Waals surface area (Å²) in [6.45, 7) is 1.48. The second-order valence-electron chi connectivity index (χ2n) is 7.06. The highest BCUT2D eigenvalue weighted by atomic mass is 32.2. The molecule has 1 fully saturated rings. The fourth-order valence-electron chi connectivity index (χ4n) is 3.43. The predicted octanol–water partition coefficient (Wildman–Crippen LogP) is 2.45. The molecule has 0 spiro atoms. The largest absolute Gasteiger partial charge is 0.336 e. The van der Waals surface area contributed by atoms with Crippen molar-refractivity contribution in [2.24, 2.45) is 0 Å². The molecule has 8 heteroatoms. The molecule has 150 valence electrons. The van der Waals surface area contributed by atoms with Gasteiger partial charge in [0.1, 0.15) is 0 Å². The van der Waals surface area contributed by atoms with Crippen molar-refractivity contribution in [2.75, 3.05) is 32.4 Å². The van der Waals surface area contributed by atoms with Crippen LogP contribution in [0.2, 0.25) is 0 Å². The average molecular weight is 410 g/mol. The van der Waals surface area contributed by atoms with Gasteiger partial charge in [-0.2, -0.15) is 9.40 Å². The van der Waals surface area contributed by atoms with Gasteiger partial charge in [-0.15, -0.1) is 0 Å². The second kappa shape index (κ2) is 7.81. The van der Waals surface area contributed by atoms with Gasteiger partial charge in [0.2, 0.25) is 10.0 Å². The van der Waals surface area contributed by atoms with E-state index >= 15 is 0 Å². The van der Waals surface area contributed by atoms with E-state index in [0.29, 0.717) is 31.7 Å². The first kappa shape index (κ1) is 19.4. The minimum atomic E-state index is -3.20. The van der Waals surface area contributed by atoms with E-state index in [-0.39, 0.29) is 5.91 Å². The van der Waals surface area contributed by atoms with Crippen molar-refractivity contribution in [3.05, 3.63) is 65.4 Å². The zero-order valence-corrected chi connectivity index (χ0v) is 16.9. The second-order valence-corrected chi connectivity index (χ2v) is 9.05. The fourth-order valence-corrected chi connectivity index (χ4v) is 4.26. The molecule has 1 aliphatic heterocycles. The third-order valence-electron chi connectivity index (χ3n) is 5.09. The van der Waals surface area contributed by atoms with Gasteiger partial charge >= 0.3 is 0 Å². The van der Waals surface area contributed by atoms with Crippen LogP contribution in [0.3, 0.4) is 0 Å². The molecule has 1 N–H and O–H groups in total. The first-order valence-corrected chi connectivity index (χ1v) is 11.2. The quantitative estimate of drug-likeness (QED) is 0.716. The lowest BCUT2D eigenvalue weighted by Gasteiger charge is -2.33. The molecule has 3 aromatic rings. The van der Waals surface area contributed by atoms with Crippen molar-refractivity contribution in [3.8, 4) is 0 Å². The van der Waals surface area contributed by atoms with Gasteiger partial charge in [-0.25, -0.2) is 8.42 Å².